The third kappa shape index (κ3) is 2.65. The van der Waals surface area contributed by atoms with Crippen LogP contribution in [0.3, 0.4) is 0 Å². The molecule has 0 unspecified atom stereocenters. The highest BCUT2D eigenvalue weighted by molar-refractivity contribution is 7.18. The van der Waals surface area contributed by atoms with E-state index in [-0.39, 0.29) is 0 Å². The second-order valence-corrected chi connectivity index (χ2v) is 6.96. The van der Waals surface area contributed by atoms with Crippen LogP contribution in [0.15, 0.2) is 0 Å². The Bertz CT molecular complexity index is 630. The number of hydrogen-bond donors (Lipinski definition) is 1. The Labute approximate surface area is 124 Å². The molecule has 0 amide bonds. The zero-order valence-corrected chi connectivity index (χ0v) is 13.3. The summed E-state index contributed by atoms with van der Waals surface area (Å²) >= 11 is 1.72. The molecule has 0 spiro atoms. The average molecular weight is 290 g/mol. The normalized spacial score (nSPS) is 15.4. The van der Waals surface area contributed by atoms with Crippen LogP contribution in [-0.2, 0) is 6.54 Å². The predicted molar refractivity (Wildman–Crippen MR) is 85.0 cm³/mol. The smallest absolute Gasteiger partial charge is 0.146 e. The van der Waals surface area contributed by atoms with Gasteiger partial charge in [-0.25, -0.2) is 9.97 Å². The maximum Gasteiger partial charge on any atom is 0.146 e. The van der Waals surface area contributed by atoms with E-state index in [1.807, 2.05) is 0 Å². The highest BCUT2D eigenvalue weighted by Gasteiger charge is 2.24. The van der Waals surface area contributed by atoms with Crippen molar-refractivity contribution in [1.29, 1.82) is 0 Å². The molecule has 0 aromatic carbocycles. The van der Waals surface area contributed by atoms with Crippen molar-refractivity contribution in [1.82, 2.24) is 14.9 Å². The largest absolute Gasteiger partial charge is 0.383 e. The first-order valence-electron chi connectivity index (χ1n) is 7.33. The van der Waals surface area contributed by atoms with Gasteiger partial charge in [0.2, 0.25) is 0 Å². The van der Waals surface area contributed by atoms with E-state index < -0.39 is 0 Å². The standard InChI is InChI=1S/C15H22N4S/c1-4-19(7-11-5-6-11)8-12-17-14(16)13-9(2)10(3)20-15(13)18-12/h11H,4-8H2,1-3H3,(H2,16,17,18). The molecule has 1 saturated carbocycles. The minimum absolute atomic E-state index is 0.634. The molecular weight excluding hydrogens is 268 g/mol. The fourth-order valence-corrected chi connectivity index (χ4v) is 3.62. The predicted octanol–water partition coefficient (Wildman–Crippen LogP) is 3.12. The van der Waals surface area contributed by atoms with Gasteiger partial charge in [0, 0.05) is 11.4 Å². The van der Waals surface area contributed by atoms with Gasteiger partial charge in [0.25, 0.3) is 0 Å². The SMILES string of the molecule is CCN(Cc1nc(N)c2c(C)c(C)sc2n1)CC1CC1. The molecule has 20 heavy (non-hydrogen) atoms. The van der Waals surface area contributed by atoms with Crippen LogP contribution in [0.2, 0.25) is 0 Å². The second-order valence-electron chi connectivity index (χ2n) is 5.76. The third-order valence-corrected chi connectivity index (χ3v) is 5.23. The molecule has 0 radical (unpaired) electrons. The number of aryl methyl sites for hydroxylation is 2. The van der Waals surface area contributed by atoms with Crippen molar-refractivity contribution in [3.8, 4) is 0 Å². The van der Waals surface area contributed by atoms with Gasteiger partial charge in [-0.05, 0) is 44.7 Å². The number of nitrogens with two attached hydrogens (primary N) is 1. The Balaban J connectivity index is 1.87. The van der Waals surface area contributed by atoms with Gasteiger partial charge in [-0.2, -0.15) is 0 Å². The van der Waals surface area contributed by atoms with Gasteiger partial charge in [0.05, 0.1) is 11.9 Å². The van der Waals surface area contributed by atoms with Crippen LogP contribution < -0.4 is 5.73 Å². The van der Waals surface area contributed by atoms with Gasteiger partial charge in [-0.1, -0.05) is 6.92 Å². The van der Waals surface area contributed by atoms with E-state index in [9.17, 15) is 0 Å². The molecule has 4 nitrogen and oxygen atoms in total. The molecule has 1 fully saturated rings. The van der Waals surface area contributed by atoms with E-state index in [0.717, 1.165) is 35.0 Å². The molecule has 2 N–H and O–H groups in total. The van der Waals surface area contributed by atoms with Crippen LogP contribution in [0.1, 0.15) is 36.0 Å². The van der Waals surface area contributed by atoms with E-state index in [2.05, 4.69) is 30.7 Å². The number of anilines is 1. The Hall–Kier alpha value is -1.20. The van der Waals surface area contributed by atoms with E-state index in [1.165, 1.54) is 29.8 Å². The molecule has 2 heterocycles. The Morgan fingerprint density at radius 2 is 2.05 bits per heavy atom. The van der Waals surface area contributed by atoms with Crippen molar-refractivity contribution in [2.75, 3.05) is 18.8 Å². The van der Waals surface area contributed by atoms with Crippen molar-refractivity contribution in [3.05, 3.63) is 16.3 Å². The van der Waals surface area contributed by atoms with Crippen LogP contribution in [-0.4, -0.2) is 28.0 Å². The highest BCUT2D eigenvalue weighted by Crippen LogP contribution is 2.32. The second kappa shape index (κ2) is 5.30. The summed E-state index contributed by atoms with van der Waals surface area (Å²) < 4.78 is 0. The monoisotopic (exact) mass is 290 g/mol. The van der Waals surface area contributed by atoms with Crippen molar-refractivity contribution in [2.24, 2.45) is 5.92 Å². The third-order valence-electron chi connectivity index (χ3n) is 4.13. The zero-order chi connectivity index (χ0) is 14.3. The molecule has 0 aliphatic heterocycles. The molecule has 2 aromatic rings. The summed E-state index contributed by atoms with van der Waals surface area (Å²) in [5.74, 6) is 2.38. The molecule has 108 valence electrons. The Morgan fingerprint density at radius 3 is 2.70 bits per heavy atom. The van der Waals surface area contributed by atoms with Crippen molar-refractivity contribution < 1.29 is 0 Å². The summed E-state index contributed by atoms with van der Waals surface area (Å²) in [5.41, 5.74) is 7.36. The molecule has 2 aromatic heterocycles. The van der Waals surface area contributed by atoms with Crippen LogP contribution in [0, 0.1) is 19.8 Å². The number of fused-ring (bicyclic) bond motifs is 1. The number of nitrogens with zero attached hydrogens (tertiary/aromatic N) is 3. The van der Waals surface area contributed by atoms with E-state index in [1.54, 1.807) is 11.3 Å². The first kappa shape index (κ1) is 13.8. The van der Waals surface area contributed by atoms with Gasteiger partial charge < -0.3 is 5.73 Å². The fourth-order valence-electron chi connectivity index (χ4n) is 2.57. The maximum absolute atomic E-state index is 6.14. The molecule has 0 atom stereocenters. The average Bonchev–Trinajstić information content (AvgIpc) is 3.16. The Morgan fingerprint density at radius 1 is 1.30 bits per heavy atom. The number of aromatic nitrogens is 2. The van der Waals surface area contributed by atoms with E-state index in [4.69, 9.17) is 10.7 Å². The summed E-state index contributed by atoms with van der Waals surface area (Å²) in [6.45, 7) is 9.43. The lowest BCUT2D eigenvalue weighted by Crippen LogP contribution is -2.26. The lowest BCUT2D eigenvalue weighted by Gasteiger charge is -2.19. The summed E-state index contributed by atoms with van der Waals surface area (Å²) in [4.78, 5) is 14.0. The van der Waals surface area contributed by atoms with Crippen LogP contribution in [0.25, 0.3) is 10.2 Å². The molecule has 0 saturated heterocycles. The first-order valence-corrected chi connectivity index (χ1v) is 8.14. The zero-order valence-electron chi connectivity index (χ0n) is 12.4. The van der Waals surface area contributed by atoms with Crippen LogP contribution >= 0.6 is 11.3 Å². The summed E-state index contributed by atoms with van der Waals surface area (Å²) in [6.07, 6.45) is 2.75. The summed E-state index contributed by atoms with van der Waals surface area (Å²) in [7, 11) is 0. The number of thiophene rings is 1. The van der Waals surface area contributed by atoms with Crippen LogP contribution in [0.4, 0.5) is 5.82 Å². The molecule has 3 rings (SSSR count). The van der Waals surface area contributed by atoms with E-state index in [0.29, 0.717) is 5.82 Å². The van der Waals surface area contributed by atoms with Crippen molar-refractivity contribution in [3.63, 3.8) is 0 Å². The molecule has 5 heteroatoms. The number of hydrogen-bond acceptors (Lipinski definition) is 5. The number of rotatable bonds is 5. The summed E-state index contributed by atoms with van der Waals surface area (Å²) in [5, 5.41) is 1.04. The highest BCUT2D eigenvalue weighted by atomic mass is 32.1. The Kier molecular flexibility index (Phi) is 3.65. The van der Waals surface area contributed by atoms with Crippen molar-refractivity contribution >= 4 is 27.4 Å². The molecule has 1 aliphatic rings. The first-order chi connectivity index (χ1) is 9.58. The fraction of sp³-hybridized carbons (Fsp3) is 0.600. The summed E-state index contributed by atoms with van der Waals surface area (Å²) in [6, 6.07) is 0. The van der Waals surface area contributed by atoms with Gasteiger partial charge in [-0.15, -0.1) is 11.3 Å². The van der Waals surface area contributed by atoms with Gasteiger partial charge in [-0.3, -0.25) is 4.90 Å². The van der Waals surface area contributed by atoms with E-state index >= 15 is 0 Å². The minimum atomic E-state index is 0.634. The van der Waals surface area contributed by atoms with Gasteiger partial charge >= 0.3 is 0 Å². The maximum atomic E-state index is 6.14. The molecule has 1 aliphatic carbocycles. The molecule has 0 bridgehead atoms. The lowest BCUT2D eigenvalue weighted by atomic mass is 10.2. The van der Waals surface area contributed by atoms with Gasteiger partial charge in [0.1, 0.15) is 16.5 Å². The topological polar surface area (TPSA) is 55.0 Å². The molecular formula is C15H22N4S. The van der Waals surface area contributed by atoms with Crippen LogP contribution in [0.5, 0.6) is 0 Å². The number of nitrogen functional groups attached to an aromatic ring is 1. The van der Waals surface area contributed by atoms with Crippen molar-refractivity contribution in [2.45, 2.75) is 40.2 Å². The quantitative estimate of drug-likeness (QED) is 0.919. The van der Waals surface area contributed by atoms with Gasteiger partial charge in [0.15, 0.2) is 0 Å². The lowest BCUT2D eigenvalue weighted by molar-refractivity contribution is 0.262. The minimum Gasteiger partial charge on any atom is -0.383 e.